The van der Waals surface area contributed by atoms with Crippen molar-refractivity contribution in [2.24, 2.45) is 0 Å². The van der Waals surface area contributed by atoms with Gasteiger partial charge in [-0.2, -0.15) is 0 Å². The average Bonchev–Trinajstić information content (AvgIpc) is 2.89. The number of piperazine rings is 1. The molecule has 0 atom stereocenters. The van der Waals surface area contributed by atoms with Gasteiger partial charge in [0.05, 0.1) is 11.6 Å². The number of amides is 2. The van der Waals surface area contributed by atoms with Gasteiger partial charge in [-0.3, -0.25) is 9.59 Å². The van der Waals surface area contributed by atoms with Crippen molar-refractivity contribution < 1.29 is 18.7 Å². The van der Waals surface area contributed by atoms with E-state index >= 15 is 0 Å². The lowest BCUT2D eigenvalue weighted by Gasteiger charge is -2.32. The maximum Gasteiger partial charge on any atom is 0.276 e. The Bertz CT molecular complexity index is 1300. The molecule has 1 aliphatic rings. The summed E-state index contributed by atoms with van der Waals surface area (Å²) in [7, 11) is 2.03. The number of nitrogens with zero attached hydrogens (tertiary/aromatic N) is 4. The third-order valence-electron chi connectivity index (χ3n) is 5.95. The Morgan fingerprint density at radius 3 is 2.49 bits per heavy atom. The zero-order valence-electron chi connectivity index (χ0n) is 20.0. The molecular formula is C25H25Cl2FN6O3. The lowest BCUT2D eigenvalue weighted by Crippen LogP contribution is -2.47. The molecule has 1 aliphatic heterocycles. The molecule has 0 bridgehead atoms. The molecule has 3 aromatic rings. The van der Waals surface area contributed by atoms with Gasteiger partial charge in [0.2, 0.25) is 0 Å². The number of rotatable bonds is 7. The Labute approximate surface area is 223 Å². The van der Waals surface area contributed by atoms with Crippen molar-refractivity contribution in [3.63, 3.8) is 0 Å². The molecule has 12 heteroatoms. The number of likely N-dealkylation sites (N-methyl/N-ethyl adjacent to an activating group) is 1. The van der Waals surface area contributed by atoms with Crippen molar-refractivity contribution in [2.75, 3.05) is 50.9 Å². The van der Waals surface area contributed by atoms with E-state index in [1.165, 1.54) is 18.2 Å². The summed E-state index contributed by atoms with van der Waals surface area (Å²) in [5.74, 6) is -1.04. The van der Waals surface area contributed by atoms with E-state index < -0.39 is 11.7 Å². The molecule has 1 saturated heterocycles. The monoisotopic (exact) mass is 546 g/mol. The lowest BCUT2D eigenvalue weighted by atomic mass is 10.1. The van der Waals surface area contributed by atoms with Crippen molar-refractivity contribution >= 4 is 46.5 Å². The van der Waals surface area contributed by atoms with E-state index in [0.717, 1.165) is 13.1 Å². The van der Waals surface area contributed by atoms with Gasteiger partial charge in [-0.05, 0) is 49.0 Å². The predicted octanol–water partition coefficient (Wildman–Crippen LogP) is 3.77. The standard InChI is InChI=1S/C25H25Cl2FN6O3/c1-33-9-11-34(12-10-33)25(36)15-2-4-16(5-3-15)30-24(35)20-14-21(23(29)32-31-20)37-13-8-17-18(26)6-7-19(28)22(17)27/h2-7,14H,8-13H2,1H3,(H2,29,32)(H,30,35). The van der Waals surface area contributed by atoms with Crippen LogP contribution in [0.2, 0.25) is 10.0 Å². The molecular weight excluding hydrogens is 522 g/mol. The number of halogens is 3. The number of hydrogen-bond donors (Lipinski definition) is 2. The summed E-state index contributed by atoms with van der Waals surface area (Å²) in [5.41, 5.74) is 7.24. The van der Waals surface area contributed by atoms with E-state index in [0.29, 0.717) is 34.9 Å². The Morgan fingerprint density at radius 2 is 1.78 bits per heavy atom. The summed E-state index contributed by atoms with van der Waals surface area (Å²) < 4.78 is 19.4. The predicted molar refractivity (Wildman–Crippen MR) is 140 cm³/mol. The molecule has 1 aromatic heterocycles. The third-order valence-corrected chi connectivity index (χ3v) is 6.71. The molecule has 3 N–H and O–H groups in total. The van der Waals surface area contributed by atoms with Gasteiger partial charge in [0.15, 0.2) is 17.3 Å². The van der Waals surface area contributed by atoms with Crippen molar-refractivity contribution in [3.8, 4) is 5.75 Å². The number of carbonyl (C=O) groups excluding carboxylic acids is 2. The van der Waals surface area contributed by atoms with Crippen molar-refractivity contribution in [3.05, 3.63) is 75.1 Å². The summed E-state index contributed by atoms with van der Waals surface area (Å²) in [6.45, 7) is 3.08. The minimum Gasteiger partial charge on any atom is -0.489 e. The highest BCUT2D eigenvalue weighted by Crippen LogP contribution is 2.28. The van der Waals surface area contributed by atoms with Crippen LogP contribution >= 0.6 is 23.2 Å². The van der Waals surface area contributed by atoms with Crippen molar-refractivity contribution in [1.29, 1.82) is 0 Å². The second-order valence-electron chi connectivity index (χ2n) is 8.53. The van der Waals surface area contributed by atoms with Crippen LogP contribution in [0.1, 0.15) is 26.4 Å². The van der Waals surface area contributed by atoms with Crippen LogP contribution in [0.3, 0.4) is 0 Å². The normalized spacial score (nSPS) is 13.9. The lowest BCUT2D eigenvalue weighted by molar-refractivity contribution is 0.0664. The minimum absolute atomic E-state index is 0.0141. The first kappa shape index (κ1) is 26.6. The molecule has 37 heavy (non-hydrogen) atoms. The summed E-state index contributed by atoms with van der Waals surface area (Å²) >= 11 is 12.1. The van der Waals surface area contributed by atoms with Crippen LogP contribution in [-0.2, 0) is 6.42 Å². The largest absolute Gasteiger partial charge is 0.489 e. The quantitative estimate of drug-likeness (QED) is 0.433. The van der Waals surface area contributed by atoms with Gasteiger partial charge >= 0.3 is 0 Å². The van der Waals surface area contributed by atoms with Gasteiger partial charge in [-0.15, -0.1) is 10.2 Å². The van der Waals surface area contributed by atoms with Gasteiger partial charge in [0, 0.05) is 54.9 Å². The highest BCUT2D eigenvalue weighted by Gasteiger charge is 2.20. The van der Waals surface area contributed by atoms with Crippen LogP contribution in [0.15, 0.2) is 42.5 Å². The van der Waals surface area contributed by atoms with Crippen molar-refractivity contribution in [2.45, 2.75) is 6.42 Å². The number of nitrogen functional groups attached to an aromatic ring is 1. The molecule has 0 radical (unpaired) electrons. The number of ether oxygens (including phenoxy) is 1. The molecule has 2 aromatic carbocycles. The molecule has 1 fully saturated rings. The van der Waals surface area contributed by atoms with Gasteiger partial charge in [-0.1, -0.05) is 23.2 Å². The number of anilines is 2. The summed E-state index contributed by atoms with van der Waals surface area (Å²) in [6, 6.07) is 10.6. The first-order chi connectivity index (χ1) is 17.7. The summed E-state index contributed by atoms with van der Waals surface area (Å²) in [5, 5.41) is 10.6. The van der Waals surface area contributed by atoms with Crippen LogP contribution in [0.25, 0.3) is 0 Å². The SMILES string of the molecule is CN1CCN(C(=O)c2ccc(NC(=O)c3cc(OCCc4c(Cl)ccc(F)c4Cl)c(N)nn3)cc2)CC1. The number of aromatic nitrogens is 2. The van der Waals surface area contributed by atoms with Gasteiger partial charge < -0.3 is 25.6 Å². The fraction of sp³-hybridized carbons (Fsp3) is 0.280. The van der Waals surface area contributed by atoms with E-state index in [-0.39, 0.29) is 41.2 Å². The Kier molecular flexibility index (Phi) is 8.42. The van der Waals surface area contributed by atoms with Crippen LogP contribution in [0, 0.1) is 5.82 Å². The average molecular weight is 547 g/mol. The van der Waals surface area contributed by atoms with Crippen LogP contribution in [0.4, 0.5) is 15.9 Å². The van der Waals surface area contributed by atoms with Gasteiger partial charge in [-0.25, -0.2) is 4.39 Å². The van der Waals surface area contributed by atoms with Crippen LogP contribution in [0.5, 0.6) is 5.75 Å². The Hall–Kier alpha value is -3.47. The summed E-state index contributed by atoms with van der Waals surface area (Å²) in [4.78, 5) is 29.4. The number of nitrogens with two attached hydrogens (primary N) is 1. The topological polar surface area (TPSA) is 114 Å². The molecule has 0 unspecified atom stereocenters. The highest BCUT2D eigenvalue weighted by atomic mass is 35.5. The molecule has 2 amide bonds. The first-order valence-corrected chi connectivity index (χ1v) is 12.3. The first-order valence-electron chi connectivity index (χ1n) is 11.5. The molecule has 0 saturated carbocycles. The van der Waals surface area contributed by atoms with E-state index in [1.54, 1.807) is 24.3 Å². The van der Waals surface area contributed by atoms with E-state index in [1.807, 2.05) is 11.9 Å². The zero-order valence-corrected chi connectivity index (χ0v) is 21.5. The number of carbonyl (C=O) groups is 2. The minimum atomic E-state index is -0.582. The Balaban J connectivity index is 1.36. The zero-order chi connectivity index (χ0) is 26.5. The van der Waals surface area contributed by atoms with Crippen molar-refractivity contribution in [1.82, 2.24) is 20.0 Å². The fourth-order valence-electron chi connectivity index (χ4n) is 3.76. The molecule has 0 aliphatic carbocycles. The Morgan fingerprint density at radius 1 is 1.08 bits per heavy atom. The van der Waals surface area contributed by atoms with Gasteiger partial charge in [0.1, 0.15) is 5.82 Å². The maximum atomic E-state index is 13.7. The van der Waals surface area contributed by atoms with E-state index in [9.17, 15) is 14.0 Å². The smallest absolute Gasteiger partial charge is 0.276 e. The van der Waals surface area contributed by atoms with E-state index in [2.05, 4.69) is 20.4 Å². The number of benzene rings is 2. The molecule has 9 nitrogen and oxygen atoms in total. The summed E-state index contributed by atoms with van der Waals surface area (Å²) in [6.07, 6.45) is 0.206. The second kappa shape index (κ2) is 11.7. The van der Waals surface area contributed by atoms with Crippen LogP contribution < -0.4 is 15.8 Å². The molecule has 4 rings (SSSR count). The highest BCUT2D eigenvalue weighted by molar-refractivity contribution is 6.36. The molecule has 194 valence electrons. The number of hydrogen-bond acceptors (Lipinski definition) is 7. The van der Waals surface area contributed by atoms with Gasteiger partial charge in [0.25, 0.3) is 11.8 Å². The number of nitrogens with one attached hydrogen (secondary N) is 1. The van der Waals surface area contributed by atoms with Crippen LogP contribution in [-0.4, -0.2) is 71.6 Å². The molecule has 2 heterocycles. The molecule has 0 spiro atoms. The maximum absolute atomic E-state index is 13.7. The third kappa shape index (κ3) is 6.46. The second-order valence-corrected chi connectivity index (χ2v) is 9.31. The van der Waals surface area contributed by atoms with E-state index in [4.69, 9.17) is 33.7 Å². The fourth-order valence-corrected chi connectivity index (χ4v) is 4.31.